The Hall–Kier alpha value is -3.15. The molecule has 29 heavy (non-hydrogen) atoms. The minimum absolute atomic E-state index is 0.0383. The van der Waals surface area contributed by atoms with E-state index >= 15 is 0 Å². The van der Waals surface area contributed by atoms with Crippen LogP contribution in [0.1, 0.15) is 16.2 Å². The molecule has 1 aromatic heterocycles. The first-order chi connectivity index (χ1) is 14.0. The molecule has 0 spiro atoms. The average molecular weight is 423 g/mol. The molecule has 0 fully saturated rings. The SMILES string of the molecule is Cc1cccc(-n2nc(C(=O)Nc3ccc(Cl)cc3Cl)nc2-c2ccccc2)c1. The molecule has 0 aliphatic heterocycles. The minimum Gasteiger partial charge on any atom is -0.318 e. The van der Waals surface area contributed by atoms with Crippen LogP contribution in [-0.4, -0.2) is 20.7 Å². The molecule has 1 heterocycles. The quantitative estimate of drug-likeness (QED) is 0.451. The van der Waals surface area contributed by atoms with Crippen LogP contribution in [0.4, 0.5) is 5.69 Å². The maximum absolute atomic E-state index is 12.8. The molecule has 0 atom stereocenters. The van der Waals surface area contributed by atoms with Crippen molar-refractivity contribution in [1.82, 2.24) is 14.8 Å². The number of anilines is 1. The van der Waals surface area contributed by atoms with Crippen LogP contribution in [0.3, 0.4) is 0 Å². The molecule has 4 rings (SSSR count). The summed E-state index contributed by atoms with van der Waals surface area (Å²) in [6.07, 6.45) is 0. The van der Waals surface area contributed by atoms with Crippen molar-refractivity contribution >= 4 is 34.8 Å². The van der Waals surface area contributed by atoms with Gasteiger partial charge in [0.2, 0.25) is 5.82 Å². The van der Waals surface area contributed by atoms with Crippen molar-refractivity contribution in [3.63, 3.8) is 0 Å². The average Bonchev–Trinajstić information content (AvgIpc) is 3.16. The Kier molecular flexibility index (Phi) is 5.34. The van der Waals surface area contributed by atoms with E-state index in [1.54, 1.807) is 22.9 Å². The standard InChI is InChI=1S/C22H16Cl2N4O/c1-14-6-5-9-17(12-14)28-21(15-7-3-2-4-8-15)26-20(27-28)22(29)25-19-11-10-16(23)13-18(19)24/h2-13H,1H3,(H,25,29). The van der Waals surface area contributed by atoms with Crippen LogP contribution in [0.2, 0.25) is 10.0 Å². The zero-order valence-electron chi connectivity index (χ0n) is 15.4. The molecule has 0 radical (unpaired) electrons. The van der Waals surface area contributed by atoms with Gasteiger partial charge >= 0.3 is 0 Å². The van der Waals surface area contributed by atoms with Gasteiger partial charge in [-0.15, -0.1) is 5.10 Å². The second kappa shape index (κ2) is 8.07. The molecule has 7 heteroatoms. The highest BCUT2D eigenvalue weighted by atomic mass is 35.5. The monoisotopic (exact) mass is 422 g/mol. The lowest BCUT2D eigenvalue weighted by atomic mass is 10.2. The summed E-state index contributed by atoms with van der Waals surface area (Å²) in [6.45, 7) is 2.00. The molecule has 1 N–H and O–H groups in total. The topological polar surface area (TPSA) is 59.8 Å². The van der Waals surface area contributed by atoms with Crippen LogP contribution in [0.25, 0.3) is 17.1 Å². The maximum Gasteiger partial charge on any atom is 0.295 e. The number of rotatable bonds is 4. The number of aromatic nitrogens is 3. The molecular formula is C22H16Cl2N4O. The van der Waals surface area contributed by atoms with Gasteiger partial charge in [-0.2, -0.15) is 0 Å². The Morgan fingerprint density at radius 1 is 0.966 bits per heavy atom. The first-order valence-electron chi connectivity index (χ1n) is 8.87. The van der Waals surface area contributed by atoms with E-state index in [1.165, 1.54) is 0 Å². The van der Waals surface area contributed by atoms with Gasteiger partial charge in [-0.1, -0.05) is 65.7 Å². The molecule has 144 valence electrons. The first-order valence-corrected chi connectivity index (χ1v) is 9.63. The van der Waals surface area contributed by atoms with Crippen molar-refractivity contribution in [3.8, 4) is 17.1 Å². The smallest absolute Gasteiger partial charge is 0.295 e. The highest BCUT2D eigenvalue weighted by Crippen LogP contribution is 2.26. The molecule has 3 aromatic carbocycles. The molecule has 0 aliphatic carbocycles. The summed E-state index contributed by atoms with van der Waals surface area (Å²) in [5, 5.41) is 8.03. The number of amides is 1. The third kappa shape index (κ3) is 4.16. The lowest BCUT2D eigenvalue weighted by molar-refractivity contribution is 0.101. The third-order valence-corrected chi connectivity index (χ3v) is 4.82. The van der Waals surface area contributed by atoms with Gasteiger partial charge in [0.05, 0.1) is 16.4 Å². The molecule has 0 saturated carbocycles. The Balaban J connectivity index is 1.75. The second-order valence-electron chi connectivity index (χ2n) is 6.45. The number of benzene rings is 3. The number of nitrogens with one attached hydrogen (secondary N) is 1. The first kappa shape index (κ1) is 19.2. The summed E-state index contributed by atoms with van der Waals surface area (Å²) in [6, 6.07) is 22.3. The van der Waals surface area contributed by atoms with Crippen LogP contribution in [0, 0.1) is 6.92 Å². The number of hydrogen-bond donors (Lipinski definition) is 1. The van der Waals surface area contributed by atoms with Crippen molar-refractivity contribution in [3.05, 3.63) is 94.2 Å². The van der Waals surface area contributed by atoms with Crippen LogP contribution in [0.15, 0.2) is 72.8 Å². The number of halogens is 2. The summed E-state index contributed by atoms with van der Waals surface area (Å²) >= 11 is 12.1. The van der Waals surface area contributed by atoms with Crippen molar-refractivity contribution < 1.29 is 4.79 Å². The molecule has 0 aliphatic rings. The summed E-state index contributed by atoms with van der Waals surface area (Å²) in [5.74, 6) is 0.151. The lowest BCUT2D eigenvalue weighted by Crippen LogP contribution is -2.14. The Morgan fingerprint density at radius 3 is 2.48 bits per heavy atom. The summed E-state index contributed by atoms with van der Waals surface area (Å²) < 4.78 is 1.67. The number of nitrogens with zero attached hydrogens (tertiary/aromatic N) is 3. The summed E-state index contributed by atoms with van der Waals surface area (Å²) in [4.78, 5) is 17.3. The summed E-state index contributed by atoms with van der Waals surface area (Å²) in [5.41, 5.74) is 3.19. The fraction of sp³-hybridized carbons (Fsp3) is 0.0455. The number of hydrogen-bond acceptors (Lipinski definition) is 3. The van der Waals surface area contributed by atoms with Gasteiger partial charge in [-0.3, -0.25) is 4.79 Å². The van der Waals surface area contributed by atoms with Crippen LogP contribution in [0.5, 0.6) is 0 Å². The fourth-order valence-electron chi connectivity index (χ4n) is 2.89. The van der Waals surface area contributed by atoms with E-state index in [0.29, 0.717) is 21.6 Å². The van der Waals surface area contributed by atoms with E-state index in [9.17, 15) is 4.79 Å². The van der Waals surface area contributed by atoms with Crippen molar-refractivity contribution in [2.45, 2.75) is 6.92 Å². The molecule has 0 bridgehead atoms. The van der Waals surface area contributed by atoms with Gasteiger partial charge in [-0.25, -0.2) is 9.67 Å². The van der Waals surface area contributed by atoms with E-state index in [1.807, 2.05) is 61.5 Å². The molecule has 4 aromatic rings. The molecule has 5 nitrogen and oxygen atoms in total. The van der Waals surface area contributed by atoms with Gasteiger partial charge < -0.3 is 5.32 Å². The van der Waals surface area contributed by atoms with Crippen LogP contribution < -0.4 is 5.32 Å². The van der Waals surface area contributed by atoms with Gasteiger partial charge in [0.15, 0.2) is 5.82 Å². The van der Waals surface area contributed by atoms with Gasteiger partial charge in [0.1, 0.15) is 0 Å². The number of carbonyl (C=O) groups excluding carboxylic acids is 1. The van der Waals surface area contributed by atoms with E-state index in [2.05, 4.69) is 15.4 Å². The van der Waals surface area contributed by atoms with Crippen LogP contribution in [-0.2, 0) is 0 Å². The van der Waals surface area contributed by atoms with Crippen molar-refractivity contribution in [2.75, 3.05) is 5.32 Å². The van der Waals surface area contributed by atoms with Crippen molar-refractivity contribution in [1.29, 1.82) is 0 Å². The molecule has 0 saturated heterocycles. The zero-order valence-corrected chi connectivity index (χ0v) is 16.9. The zero-order chi connectivity index (χ0) is 20.4. The van der Waals surface area contributed by atoms with Crippen LogP contribution >= 0.6 is 23.2 Å². The number of carbonyl (C=O) groups is 1. The Labute approximate surface area is 177 Å². The highest BCUT2D eigenvalue weighted by Gasteiger charge is 2.19. The van der Waals surface area contributed by atoms with Gasteiger partial charge in [-0.05, 0) is 42.8 Å². The fourth-order valence-corrected chi connectivity index (χ4v) is 3.35. The van der Waals surface area contributed by atoms with E-state index in [0.717, 1.165) is 16.8 Å². The Morgan fingerprint density at radius 2 is 1.76 bits per heavy atom. The molecule has 1 amide bonds. The largest absolute Gasteiger partial charge is 0.318 e. The van der Waals surface area contributed by atoms with Gasteiger partial charge in [0, 0.05) is 10.6 Å². The lowest BCUT2D eigenvalue weighted by Gasteiger charge is -2.06. The van der Waals surface area contributed by atoms with E-state index in [-0.39, 0.29) is 5.82 Å². The van der Waals surface area contributed by atoms with Crippen molar-refractivity contribution in [2.24, 2.45) is 0 Å². The summed E-state index contributed by atoms with van der Waals surface area (Å²) in [7, 11) is 0. The third-order valence-electron chi connectivity index (χ3n) is 4.27. The Bertz CT molecular complexity index is 1190. The van der Waals surface area contributed by atoms with E-state index < -0.39 is 5.91 Å². The minimum atomic E-state index is -0.460. The maximum atomic E-state index is 12.8. The highest BCUT2D eigenvalue weighted by molar-refractivity contribution is 6.36. The number of aryl methyl sites for hydroxylation is 1. The normalized spacial score (nSPS) is 10.7. The van der Waals surface area contributed by atoms with Gasteiger partial charge in [0.25, 0.3) is 5.91 Å². The van der Waals surface area contributed by atoms with E-state index in [4.69, 9.17) is 23.2 Å². The predicted octanol–water partition coefficient (Wildman–Crippen LogP) is 5.80. The molecule has 0 unspecified atom stereocenters. The molecular weight excluding hydrogens is 407 g/mol. The predicted molar refractivity (Wildman–Crippen MR) is 116 cm³/mol. The second-order valence-corrected chi connectivity index (χ2v) is 7.30.